The molecule has 2 heterocycles. The largest absolute Gasteiger partial charge is 0.371 e. The van der Waals surface area contributed by atoms with E-state index >= 15 is 9.59 Å². The van der Waals surface area contributed by atoms with E-state index in [1.54, 1.807) is 4.90 Å². The molecule has 72 heavy (non-hydrogen) atoms. The maximum atomic E-state index is 15.5. The van der Waals surface area contributed by atoms with E-state index in [1.807, 2.05) is 30.1 Å². The van der Waals surface area contributed by atoms with E-state index < -0.39 is 0 Å². The lowest BCUT2D eigenvalue weighted by Crippen LogP contribution is -2.47. The fourth-order valence-electron chi connectivity index (χ4n) is 13.4. The number of nitrogens with zero attached hydrogens (tertiary/aromatic N) is 3. The minimum atomic E-state index is -0.145. The van der Waals surface area contributed by atoms with Crippen molar-refractivity contribution in [1.29, 1.82) is 0 Å². The molecule has 8 aromatic carbocycles. The van der Waals surface area contributed by atoms with Gasteiger partial charge in [-0.2, -0.15) is 0 Å². The molecule has 0 aliphatic carbocycles. The van der Waals surface area contributed by atoms with E-state index in [2.05, 4.69) is 81.1 Å². The lowest BCUT2D eigenvalue weighted by atomic mass is 9.80. The average molecular weight is 964 g/mol. The SMILES string of the molecule is CCCCCCC(CCCCCC)N(C)C(=O)c1ccc2c3ccc4c5cc(N6CCCC6)c6c7c(ccc(c8ccc(c9ccc(C=O)c1c92)c3c84)c75)C(=O)N(C(CCCCCC)CCCCCC)C6=O. The van der Waals surface area contributed by atoms with Crippen LogP contribution in [0.2, 0.25) is 0 Å². The summed E-state index contributed by atoms with van der Waals surface area (Å²) >= 11 is 0. The van der Waals surface area contributed by atoms with Crippen molar-refractivity contribution >= 4 is 105 Å². The second kappa shape index (κ2) is 21.7. The van der Waals surface area contributed by atoms with Gasteiger partial charge in [0.1, 0.15) is 0 Å². The Bertz CT molecular complexity index is 3250. The van der Waals surface area contributed by atoms with Crippen LogP contribution in [0.25, 0.3) is 75.4 Å². The average Bonchev–Trinajstić information content (AvgIpc) is 3.95. The molecule has 0 spiro atoms. The van der Waals surface area contributed by atoms with E-state index in [0.29, 0.717) is 22.3 Å². The Morgan fingerprint density at radius 1 is 0.528 bits per heavy atom. The number of imide groups is 1. The molecule has 10 rings (SSSR count). The highest BCUT2D eigenvalue weighted by Gasteiger charge is 2.41. The molecule has 376 valence electrons. The quantitative estimate of drug-likeness (QED) is 0.0187. The van der Waals surface area contributed by atoms with Gasteiger partial charge in [-0.05, 0) is 121 Å². The van der Waals surface area contributed by atoms with Crippen molar-refractivity contribution in [1.82, 2.24) is 9.80 Å². The Labute approximate surface area is 427 Å². The summed E-state index contributed by atoms with van der Waals surface area (Å²) in [5.41, 5.74) is 3.43. The number of unbranched alkanes of at least 4 members (excludes halogenated alkanes) is 12. The van der Waals surface area contributed by atoms with E-state index in [4.69, 9.17) is 0 Å². The van der Waals surface area contributed by atoms with Crippen molar-refractivity contribution in [3.05, 3.63) is 89.0 Å². The van der Waals surface area contributed by atoms with Gasteiger partial charge in [0.2, 0.25) is 0 Å². The number of benzene rings is 8. The summed E-state index contributed by atoms with van der Waals surface area (Å²) in [5.74, 6) is -0.287. The molecule has 2 aliphatic rings. The standard InChI is InChI=1S/C65H77N3O4/c1-6-10-14-18-24-43(25-19-15-11-7-2)66(5)63(70)52-36-34-46-48-32-33-51-54-40-55(67-38-22-23-39-67)62-61-53(64(71)68(65(62)72)44(26-20-16-12-8-3)27-21-17-13-9-4)37-35-50(60(54)61)49-31-30-47(58(48)59(49)51)45-29-28-42(41-69)56(52)57(45)46/h28-37,40-41,43-44H,6-27,38-39H2,1-5H3. The molecule has 3 amide bonds. The van der Waals surface area contributed by atoms with Crippen molar-refractivity contribution in [2.45, 2.75) is 181 Å². The smallest absolute Gasteiger partial charge is 0.263 e. The third-order valence-corrected chi connectivity index (χ3v) is 17.3. The zero-order valence-electron chi connectivity index (χ0n) is 44.0. The van der Waals surface area contributed by atoms with Gasteiger partial charge in [-0.15, -0.1) is 0 Å². The lowest BCUT2D eigenvalue weighted by molar-refractivity contribution is 0.0516. The van der Waals surface area contributed by atoms with Crippen LogP contribution in [0.15, 0.2) is 66.7 Å². The Morgan fingerprint density at radius 3 is 1.49 bits per heavy atom. The summed E-state index contributed by atoms with van der Waals surface area (Å²) in [6.07, 6.45) is 24.9. The predicted molar refractivity (Wildman–Crippen MR) is 303 cm³/mol. The van der Waals surface area contributed by atoms with Gasteiger partial charge >= 0.3 is 0 Å². The van der Waals surface area contributed by atoms with Crippen LogP contribution in [0, 0.1) is 0 Å². The van der Waals surface area contributed by atoms with Gasteiger partial charge in [-0.3, -0.25) is 24.1 Å². The van der Waals surface area contributed by atoms with E-state index in [-0.39, 0.29) is 29.8 Å². The van der Waals surface area contributed by atoms with Gasteiger partial charge in [-0.25, -0.2) is 0 Å². The molecule has 0 unspecified atom stereocenters. The molecule has 1 fully saturated rings. The molecule has 8 aromatic rings. The number of fused-ring (bicyclic) bond motifs is 4. The summed E-state index contributed by atoms with van der Waals surface area (Å²) in [6.45, 7) is 10.7. The molecule has 1 saturated heterocycles. The lowest BCUT2D eigenvalue weighted by Gasteiger charge is -2.37. The van der Waals surface area contributed by atoms with Crippen molar-refractivity contribution in [3.8, 4) is 0 Å². The number of aldehydes is 1. The number of carbonyl (C=O) groups is 4. The Morgan fingerprint density at radius 2 is 0.972 bits per heavy atom. The summed E-state index contributed by atoms with van der Waals surface area (Å²) < 4.78 is 0. The molecule has 0 aromatic heterocycles. The molecular weight excluding hydrogens is 887 g/mol. The van der Waals surface area contributed by atoms with Crippen LogP contribution in [-0.2, 0) is 0 Å². The van der Waals surface area contributed by atoms with Gasteiger partial charge in [0, 0.05) is 59.7 Å². The molecule has 0 radical (unpaired) electrons. The predicted octanol–water partition coefficient (Wildman–Crippen LogP) is 17.3. The summed E-state index contributed by atoms with van der Waals surface area (Å²) in [4.78, 5) is 64.7. The highest BCUT2D eigenvalue weighted by molar-refractivity contribution is 6.45. The van der Waals surface area contributed by atoms with Crippen LogP contribution in [-0.4, -0.2) is 66.0 Å². The fourth-order valence-corrected chi connectivity index (χ4v) is 13.4. The molecule has 0 atom stereocenters. The van der Waals surface area contributed by atoms with Crippen molar-refractivity contribution in [2.24, 2.45) is 0 Å². The summed E-state index contributed by atoms with van der Waals surface area (Å²) in [6, 6.07) is 23.6. The molecule has 0 bridgehead atoms. The molecule has 2 aliphatic heterocycles. The Balaban J connectivity index is 1.14. The molecular formula is C65H77N3O4. The Hall–Kier alpha value is -5.82. The van der Waals surface area contributed by atoms with Crippen molar-refractivity contribution in [3.63, 3.8) is 0 Å². The van der Waals surface area contributed by atoms with Gasteiger partial charge in [-0.1, -0.05) is 179 Å². The van der Waals surface area contributed by atoms with Gasteiger partial charge < -0.3 is 9.80 Å². The highest BCUT2D eigenvalue weighted by atomic mass is 16.2. The number of amides is 3. The highest BCUT2D eigenvalue weighted by Crippen LogP contribution is 2.51. The second-order valence-corrected chi connectivity index (χ2v) is 21.8. The number of anilines is 1. The first-order chi connectivity index (χ1) is 35.3. The minimum absolute atomic E-state index is 0.0196. The first kappa shape index (κ1) is 49.7. The van der Waals surface area contributed by atoms with E-state index in [0.717, 1.165) is 203 Å². The molecule has 0 saturated carbocycles. The van der Waals surface area contributed by atoms with Crippen LogP contribution in [0.1, 0.15) is 210 Å². The van der Waals surface area contributed by atoms with Crippen molar-refractivity contribution < 1.29 is 19.2 Å². The third kappa shape index (κ3) is 8.64. The molecule has 7 nitrogen and oxygen atoms in total. The maximum absolute atomic E-state index is 15.5. The van der Waals surface area contributed by atoms with Crippen LogP contribution in [0.4, 0.5) is 5.69 Å². The van der Waals surface area contributed by atoms with E-state index in [1.165, 1.54) is 38.5 Å². The van der Waals surface area contributed by atoms with E-state index in [9.17, 15) is 9.59 Å². The summed E-state index contributed by atoms with van der Waals surface area (Å²) in [7, 11) is 1.98. The van der Waals surface area contributed by atoms with Crippen LogP contribution < -0.4 is 4.90 Å². The number of hydrogen-bond acceptors (Lipinski definition) is 5. The summed E-state index contributed by atoms with van der Waals surface area (Å²) in [5, 5.41) is 14.4. The third-order valence-electron chi connectivity index (χ3n) is 17.3. The van der Waals surface area contributed by atoms with Gasteiger partial charge in [0.15, 0.2) is 6.29 Å². The Kier molecular flexibility index (Phi) is 15.0. The van der Waals surface area contributed by atoms with Crippen molar-refractivity contribution in [2.75, 3.05) is 25.0 Å². The van der Waals surface area contributed by atoms with Gasteiger partial charge in [0.05, 0.1) is 11.3 Å². The first-order valence-electron chi connectivity index (χ1n) is 28.5. The minimum Gasteiger partial charge on any atom is -0.371 e. The number of hydrogen-bond donors (Lipinski definition) is 0. The fraction of sp³-hybridized carbons (Fsp3) is 0.477. The number of rotatable bonds is 25. The van der Waals surface area contributed by atoms with Crippen LogP contribution >= 0.6 is 0 Å². The zero-order valence-corrected chi connectivity index (χ0v) is 44.0. The topological polar surface area (TPSA) is 78.0 Å². The molecule has 7 heteroatoms. The monoisotopic (exact) mass is 964 g/mol. The van der Waals surface area contributed by atoms with Crippen LogP contribution in [0.3, 0.4) is 0 Å². The normalized spacial score (nSPS) is 14.3. The zero-order chi connectivity index (χ0) is 50.0. The van der Waals surface area contributed by atoms with Gasteiger partial charge in [0.25, 0.3) is 17.7 Å². The maximum Gasteiger partial charge on any atom is 0.263 e. The molecule has 0 N–H and O–H groups in total. The second-order valence-electron chi connectivity index (χ2n) is 21.8. The first-order valence-corrected chi connectivity index (χ1v) is 28.5. The number of carbonyl (C=O) groups excluding carboxylic acids is 4. The van der Waals surface area contributed by atoms with Crippen LogP contribution in [0.5, 0.6) is 0 Å².